The van der Waals surface area contributed by atoms with Crippen LogP contribution in [0.15, 0.2) is 102 Å². The van der Waals surface area contributed by atoms with Crippen LogP contribution in [-0.2, 0) is 16.6 Å². The van der Waals surface area contributed by atoms with Crippen LogP contribution < -0.4 is 14.8 Å². The predicted octanol–water partition coefficient (Wildman–Crippen LogP) is 5.40. The van der Waals surface area contributed by atoms with Gasteiger partial charge in [-0.05, 0) is 77.7 Å². The lowest BCUT2D eigenvalue weighted by atomic mass is 10.0. The van der Waals surface area contributed by atoms with Gasteiger partial charge in [0, 0.05) is 17.8 Å². The van der Waals surface area contributed by atoms with Crippen molar-refractivity contribution < 1.29 is 17.9 Å². The fourth-order valence-corrected chi connectivity index (χ4v) is 4.74. The minimum Gasteiger partial charge on any atom is -0.497 e. The van der Waals surface area contributed by atoms with Crippen molar-refractivity contribution in [1.82, 2.24) is 5.32 Å². The van der Waals surface area contributed by atoms with E-state index in [1.165, 1.54) is 0 Å². The first-order valence-electron chi connectivity index (χ1n) is 11.1. The molecule has 35 heavy (non-hydrogen) atoms. The molecule has 7 heteroatoms. The van der Waals surface area contributed by atoms with Gasteiger partial charge in [0.05, 0.1) is 12.0 Å². The number of amides is 1. The number of carbonyl (C=O) groups excluding carboxylic acids is 1. The maximum absolute atomic E-state index is 12.8. The van der Waals surface area contributed by atoms with E-state index in [9.17, 15) is 13.2 Å². The zero-order valence-corrected chi connectivity index (χ0v) is 20.3. The molecular weight excluding hydrogens is 460 g/mol. The fraction of sp³-hybridized carbons (Fsp3) is 0.107. The molecule has 178 valence electrons. The van der Waals surface area contributed by atoms with Crippen molar-refractivity contribution in [2.24, 2.45) is 0 Å². The highest BCUT2D eigenvalue weighted by Crippen LogP contribution is 2.25. The van der Waals surface area contributed by atoms with Crippen molar-refractivity contribution in [3.05, 3.63) is 114 Å². The van der Waals surface area contributed by atoms with Gasteiger partial charge in [-0.1, -0.05) is 48.5 Å². The Bertz CT molecular complexity index is 1430. The first-order chi connectivity index (χ1) is 16.9. The molecule has 0 spiro atoms. The summed E-state index contributed by atoms with van der Waals surface area (Å²) in [5, 5.41) is 2.85. The molecule has 0 aliphatic carbocycles. The third kappa shape index (κ3) is 5.88. The Hall–Kier alpha value is -4.10. The highest BCUT2D eigenvalue weighted by Gasteiger charge is 2.15. The number of hydrogen-bond donors (Lipinski definition) is 2. The second-order valence-electron chi connectivity index (χ2n) is 8.06. The zero-order chi connectivity index (χ0) is 24.8. The molecule has 0 unspecified atom stereocenters. The summed E-state index contributed by atoms with van der Waals surface area (Å²) in [7, 11) is -2.18. The molecule has 0 saturated carbocycles. The number of carbonyl (C=O) groups is 1. The Morgan fingerprint density at radius 3 is 2.26 bits per heavy atom. The lowest BCUT2D eigenvalue weighted by Gasteiger charge is -2.11. The molecule has 6 nitrogen and oxygen atoms in total. The number of methoxy groups -OCH3 is 1. The van der Waals surface area contributed by atoms with E-state index in [-0.39, 0.29) is 10.8 Å². The van der Waals surface area contributed by atoms with Crippen LogP contribution in [0.2, 0.25) is 0 Å². The molecule has 1 amide bonds. The van der Waals surface area contributed by atoms with Crippen molar-refractivity contribution >= 4 is 21.6 Å². The molecule has 0 saturated heterocycles. The topological polar surface area (TPSA) is 84.5 Å². The average molecular weight is 487 g/mol. The van der Waals surface area contributed by atoms with Crippen LogP contribution in [0.5, 0.6) is 5.75 Å². The fourth-order valence-electron chi connectivity index (χ4n) is 3.68. The molecule has 0 radical (unpaired) electrons. The third-order valence-electron chi connectivity index (χ3n) is 5.61. The summed E-state index contributed by atoms with van der Waals surface area (Å²) in [5.41, 5.74) is 4.84. The standard InChI is InChI=1S/C28H26N2O4S/c1-20-6-3-4-9-27(20)22-12-16-26(17-13-22)35(32,33)30-24-14-10-23(11-15-24)28(31)29-19-21-7-5-8-25(18-21)34-2/h3-18,30H,19H2,1-2H3,(H,29,31). The van der Waals surface area contributed by atoms with Gasteiger partial charge in [0.15, 0.2) is 0 Å². The second kappa shape index (κ2) is 10.4. The largest absolute Gasteiger partial charge is 0.497 e. The maximum Gasteiger partial charge on any atom is 0.261 e. The monoisotopic (exact) mass is 486 g/mol. The Morgan fingerprint density at radius 2 is 1.57 bits per heavy atom. The van der Waals surface area contributed by atoms with E-state index < -0.39 is 10.0 Å². The lowest BCUT2D eigenvalue weighted by molar-refractivity contribution is 0.0951. The number of ether oxygens (including phenoxy) is 1. The Balaban J connectivity index is 1.40. The smallest absolute Gasteiger partial charge is 0.261 e. The summed E-state index contributed by atoms with van der Waals surface area (Å²) in [4.78, 5) is 12.6. The van der Waals surface area contributed by atoms with E-state index in [0.29, 0.717) is 17.8 Å². The Morgan fingerprint density at radius 1 is 0.857 bits per heavy atom. The molecule has 0 atom stereocenters. The number of benzene rings is 4. The summed E-state index contributed by atoms with van der Waals surface area (Å²) in [5.74, 6) is 0.465. The number of aryl methyl sites for hydroxylation is 1. The van der Waals surface area contributed by atoms with E-state index in [1.54, 1.807) is 55.6 Å². The third-order valence-corrected chi connectivity index (χ3v) is 7.00. The molecular formula is C28H26N2O4S. The van der Waals surface area contributed by atoms with Gasteiger partial charge in [-0.2, -0.15) is 0 Å². The van der Waals surface area contributed by atoms with Crippen LogP contribution in [0.1, 0.15) is 21.5 Å². The SMILES string of the molecule is COc1cccc(CNC(=O)c2ccc(NS(=O)(=O)c3ccc(-c4ccccc4C)cc3)cc2)c1. The maximum atomic E-state index is 12.8. The van der Waals surface area contributed by atoms with Gasteiger partial charge in [-0.25, -0.2) is 8.42 Å². The highest BCUT2D eigenvalue weighted by atomic mass is 32.2. The van der Waals surface area contributed by atoms with E-state index in [4.69, 9.17) is 4.74 Å². The van der Waals surface area contributed by atoms with Crippen LogP contribution in [0.25, 0.3) is 11.1 Å². The van der Waals surface area contributed by atoms with E-state index in [2.05, 4.69) is 10.0 Å². The molecule has 0 fully saturated rings. The molecule has 0 aliphatic rings. The van der Waals surface area contributed by atoms with Gasteiger partial charge >= 0.3 is 0 Å². The summed E-state index contributed by atoms with van der Waals surface area (Å²) in [6.45, 7) is 2.37. The van der Waals surface area contributed by atoms with Crippen molar-refractivity contribution in [2.75, 3.05) is 11.8 Å². The molecule has 0 aliphatic heterocycles. The van der Waals surface area contributed by atoms with Gasteiger partial charge in [0.25, 0.3) is 15.9 Å². The van der Waals surface area contributed by atoms with Gasteiger partial charge in [-0.15, -0.1) is 0 Å². The Labute approximate surface area is 205 Å². The molecule has 0 bridgehead atoms. The summed E-state index contributed by atoms with van der Waals surface area (Å²) < 4.78 is 33.5. The lowest BCUT2D eigenvalue weighted by Crippen LogP contribution is -2.22. The number of rotatable bonds is 8. The molecule has 0 heterocycles. The van der Waals surface area contributed by atoms with E-state index >= 15 is 0 Å². The molecule has 4 aromatic rings. The second-order valence-corrected chi connectivity index (χ2v) is 9.74. The molecule has 0 aromatic heterocycles. The summed E-state index contributed by atoms with van der Waals surface area (Å²) >= 11 is 0. The predicted molar refractivity (Wildman–Crippen MR) is 138 cm³/mol. The number of nitrogens with one attached hydrogen (secondary N) is 2. The van der Waals surface area contributed by atoms with Crippen LogP contribution in [0.3, 0.4) is 0 Å². The van der Waals surface area contributed by atoms with E-state index in [1.807, 2.05) is 55.5 Å². The van der Waals surface area contributed by atoms with Crippen LogP contribution in [0.4, 0.5) is 5.69 Å². The number of hydrogen-bond acceptors (Lipinski definition) is 4. The van der Waals surface area contributed by atoms with Crippen LogP contribution in [0, 0.1) is 6.92 Å². The van der Waals surface area contributed by atoms with Gasteiger partial charge < -0.3 is 10.1 Å². The van der Waals surface area contributed by atoms with Crippen LogP contribution in [-0.4, -0.2) is 21.4 Å². The van der Waals surface area contributed by atoms with Crippen molar-refractivity contribution in [1.29, 1.82) is 0 Å². The average Bonchev–Trinajstić information content (AvgIpc) is 2.88. The zero-order valence-electron chi connectivity index (χ0n) is 19.5. The first kappa shape index (κ1) is 24.0. The summed E-state index contributed by atoms with van der Waals surface area (Å²) in [6.07, 6.45) is 0. The highest BCUT2D eigenvalue weighted by molar-refractivity contribution is 7.92. The minimum absolute atomic E-state index is 0.162. The first-order valence-corrected chi connectivity index (χ1v) is 12.5. The minimum atomic E-state index is -3.77. The van der Waals surface area contributed by atoms with Crippen molar-refractivity contribution in [2.45, 2.75) is 18.4 Å². The molecule has 4 aromatic carbocycles. The van der Waals surface area contributed by atoms with Crippen molar-refractivity contribution in [3.8, 4) is 16.9 Å². The normalized spacial score (nSPS) is 11.0. The number of sulfonamides is 1. The van der Waals surface area contributed by atoms with Crippen molar-refractivity contribution in [3.63, 3.8) is 0 Å². The van der Waals surface area contributed by atoms with Gasteiger partial charge in [-0.3, -0.25) is 9.52 Å². The quantitative estimate of drug-likeness (QED) is 0.349. The van der Waals surface area contributed by atoms with Gasteiger partial charge in [0.1, 0.15) is 5.75 Å². The van der Waals surface area contributed by atoms with Gasteiger partial charge in [0.2, 0.25) is 0 Å². The Kier molecular flexibility index (Phi) is 7.17. The summed E-state index contributed by atoms with van der Waals surface area (Å²) in [6, 6.07) is 28.5. The molecule has 2 N–H and O–H groups in total. The molecule has 4 rings (SSSR count). The van der Waals surface area contributed by atoms with Crippen LogP contribution >= 0.6 is 0 Å². The van der Waals surface area contributed by atoms with E-state index in [0.717, 1.165) is 28.0 Å². The number of anilines is 1.